The first kappa shape index (κ1) is 20.9. The van der Waals surface area contributed by atoms with E-state index in [2.05, 4.69) is 0 Å². The Labute approximate surface area is 154 Å². The van der Waals surface area contributed by atoms with Crippen molar-refractivity contribution in [3.8, 4) is 0 Å². The van der Waals surface area contributed by atoms with E-state index in [1.54, 1.807) is 4.90 Å². The van der Waals surface area contributed by atoms with Gasteiger partial charge in [-0.15, -0.1) is 11.6 Å². The second-order valence-electron chi connectivity index (χ2n) is 6.73. The number of alkyl halides is 1. The molecule has 0 spiro atoms. The van der Waals surface area contributed by atoms with Gasteiger partial charge in [0.2, 0.25) is 5.91 Å². The van der Waals surface area contributed by atoms with Crippen molar-refractivity contribution < 1.29 is 26.4 Å². The van der Waals surface area contributed by atoms with Gasteiger partial charge in [-0.1, -0.05) is 0 Å². The number of hydrogen-bond donors (Lipinski definition) is 0. The Bertz CT molecular complexity index is 664. The number of rotatable bonds is 9. The normalized spacial score (nSPS) is 27.4. The van der Waals surface area contributed by atoms with Crippen LogP contribution in [0.25, 0.3) is 0 Å². The van der Waals surface area contributed by atoms with Crippen molar-refractivity contribution >= 4 is 37.2 Å². The molecule has 0 radical (unpaired) electrons. The summed E-state index contributed by atoms with van der Waals surface area (Å²) in [6, 6.07) is -0.267. The highest BCUT2D eigenvalue weighted by Crippen LogP contribution is 2.19. The second-order valence-corrected chi connectivity index (χ2v) is 11.5. The lowest BCUT2D eigenvalue weighted by atomic mass is 10.1. The molecule has 2 aliphatic heterocycles. The van der Waals surface area contributed by atoms with Gasteiger partial charge in [0.1, 0.15) is 5.88 Å². The van der Waals surface area contributed by atoms with Crippen LogP contribution in [0.5, 0.6) is 0 Å². The lowest BCUT2D eigenvalue weighted by molar-refractivity contribution is -0.130. The van der Waals surface area contributed by atoms with Gasteiger partial charge in [-0.05, 0) is 32.1 Å². The molecule has 2 saturated heterocycles. The summed E-state index contributed by atoms with van der Waals surface area (Å²) in [5.74, 6) is 0.0988. The molecule has 0 unspecified atom stereocenters. The van der Waals surface area contributed by atoms with Crippen LogP contribution in [0.1, 0.15) is 32.1 Å². The van der Waals surface area contributed by atoms with Crippen molar-refractivity contribution in [3.05, 3.63) is 0 Å². The van der Waals surface area contributed by atoms with Crippen LogP contribution in [-0.4, -0.2) is 81.8 Å². The van der Waals surface area contributed by atoms with E-state index in [4.69, 9.17) is 16.3 Å². The SMILES string of the molecule is O=C(CCl)N(CCCCCO[C@@H]1CCS(=O)(=O)C1)[C@H]1CCS(=O)(=O)C1. The lowest BCUT2D eigenvalue weighted by Crippen LogP contribution is -2.42. The smallest absolute Gasteiger partial charge is 0.237 e. The van der Waals surface area contributed by atoms with Gasteiger partial charge in [0.05, 0.1) is 29.1 Å². The molecule has 10 heteroatoms. The summed E-state index contributed by atoms with van der Waals surface area (Å²) < 4.78 is 51.5. The molecular weight excluding hydrogens is 390 g/mol. The second kappa shape index (κ2) is 9.01. The van der Waals surface area contributed by atoms with Crippen molar-refractivity contribution in [2.75, 3.05) is 42.0 Å². The summed E-state index contributed by atoms with van der Waals surface area (Å²) in [4.78, 5) is 13.6. The zero-order valence-electron chi connectivity index (χ0n) is 14.2. The van der Waals surface area contributed by atoms with Crippen molar-refractivity contribution in [2.24, 2.45) is 0 Å². The van der Waals surface area contributed by atoms with Crippen LogP contribution in [-0.2, 0) is 29.2 Å². The summed E-state index contributed by atoms with van der Waals surface area (Å²) in [5.41, 5.74) is 0. The maximum absolute atomic E-state index is 12.0. The van der Waals surface area contributed by atoms with Gasteiger partial charge in [-0.25, -0.2) is 16.8 Å². The molecule has 0 aromatic rings. The fraction of sp³-hybridized carbons (Fsp3) is 0.933. The van der Waals surface area contributed by atoms with E-state index in [0.717, 1.165) is 19.3 Å². The van der Waals surface area contributed by atoms with Gasteiger partial charge in [0.15, 0.2) is 19.7 Å². The zero-order chi connectivity index (χ0) is 18.5. The van der Waals surface area contributed by atoms with E-state index in [9.17, 15) is 21.6 Å². The number of nitrogens with zero attached hydrogens (tertiary/aromatic N) is 1. The molecule has 0 aromatic carbocycles. The fourth-order valence-corrected chi connectivity index (χ4v) is 6.81. The third-order valence-corrected chi connectivity index (χ3v) is 8.39. The molecule has 146 valence electrons. The molecule has 2 atom stereocenters. The van der Waals surface area contributed by atoms with E-state index < -0.39 is 19.7 Å². The van der Waals surface area contributed by atoms with Crippen LogP contribution >= 0.6 is 11.6 Å². The van der Waals surface area contributed by atoms with E-state index in [-0.39, 0.29) is 46.9 Å². The summed E-state index contributed by atoms with van der Waals surface area (Å²) >= 11 is 5.64. The van der Waals surface area contributed by atoms with Crippen LogP contribution in [0.4, 0.5) is 0 Å². The molecule has 0 aromatic heterocycles. The first-order valence-electron chi connectivity index (χ1n) is 8.60. The van der Waals surface area contributed by atoms with Crippen molar-refractivity contribution in [2.45, 2.75) is 44.2 Å². The van der Waals surface area contributed by atoms with Gasteiger partial charge in [0, 0.05) is 19.2 Å². The first-order valence-corrected chi connectivity index (χ1v) is 12.8. The summed E-state index contributed by atoms with van der Waals surface area (Å²) in [6.07, 6.45) is 3.20. The summed E-state index contributed by atoms with van der Waals surface area (Å²) in [6.45, 7) is 0.991. The molecule has 1 amide bonds. The van der Waals surface area contributed by atoms with Gasteiger partial charge in [-0.3, -0.25) is 4.79 Å². The number of halogens is 1. The molecule has 0 bridgehead atoms. The zero-order valence-corrected chi connectivity index (χ0v) is 16.6. The summed E-state index contributed by atoms with van der Waals surface area (Å²) in [7, 11) is -5.96. The molecule has 2 rings (SSSR count). The number of sulfone groups is 2. The fourth-order valence-electron chi connectivity index (χ4n) is 3.31. The van der Waals surface area contributed by atoms with Crippen LogP contribution in [0.2, 0.25) is 0 Å². The molecule has 0 N–H and O–H groups in total. The molecule has 7 nitrogen and oxygen atoms in total. The predicted octanol–water partition coefficient (Wildman–Crippen LogP) is 0.615. The van der Waals surface area contributed by atoms with Crippen LogP contribution in [0.15, 0.2) is 0 Å². The number of carbonyl (C=O) groups excluding carboxylic acids is 1. The average molecular weight is 416 g/mol. The number of unbranched alkanes of at least 4 members (excludes halogenated alkanes) is 2. The summed E-state index contributed by atoms with van der Waals surface area (Å²) in [5, 5.41) is 0. The van der Waals surface area contributed by atoms with Crippen molar-refractivity contribution in [3.63, 3.8) is 0 Å². The Kier molecular flexibility index (Phi) is 7.54. The van der Waals surface area contributed by atoms with Gasteiger partial charge in [0.25, 0.3) is 0 Å². The third-order valence-electron chi connectivity index (χ3n) is 4.67. The Morgan fingerprint density at radius 2 is 1.68 bits per heavy atom. The largest absolute Gasteiger partial charge is 0.377 e. The highest BCUT2D eigenvalue weighted by molar-refractivity contribution is 7.91. The molecule has 2 fully saturated rings. The maximum Gasteiger partial charge on any atom is 0.237 e. The monoisotopic (exact) mass is 415 g/mol. The number of carbonyl (C=O) groups is 1. The Balaban J connectivity index is 1.66. The molecule has 2 heterocycles. The number of hydrogen-bond acceptors (Lipinski definition) is 6. The average Bonchev–Trinajstić information content (AvgIpc) is 3.07. The van der Waals surface area contributed by atoms with E-state index in [1.165, 1.54) is 0 Å². The number of amides is 1. The van der Waals surface area contributed by atoms with Crippen LogP contribution < -0.4 is 0 Å². The van der Waals surface area contributed by atoms with Crippen LogP contribution in [0.3, 0.4) is 0 Å². The molecular formula is C15H26ClNO6S2. The maximum atomic E-state index is 12.0. The quantitative estimate of drug-likeness (QED) is 0.404. The first-order chi connectivity index (χ1) is 11.7. The highest BCUT2D eigenvalue weighted by Gasteiger charge is 2.34. The Morgan fingerprint density at radius 1 is 1.00 bits per heavy atom. The Hall–Kier alpha value is -0.380. The van der Waals surface area contributed by atoms with Gasteiger partial charge in [-0.2, -0.15) is 0 Å². The van der Waals surface area contributed by atoms with E-state index in [0.29, 0.717) is 26.0 Å². The minimum Gasteiger partial charge on any atom is -0.377 e. The molecule has 2 aliphatic rings. The lowest BCUT2D eigenvalue weighted by Gasteiger charge is -2.27. The predicted molar refractivity (Wildman–Crippen MR) is 96.4 cm³/mol. The number of ether oxygens (including phenoxy) is 1. The van der Waals surface area contributed by atoms with Gasteiger partial charge < -0.3 is 9.64 Å². The standard InChI is InChI=1S/C15H26ClNO6S2/c16-10-15(18)17(13-4-8-24(19,20)11-13)6-2-1-3-7-23-14-5-9-25(21,22)12-14/h13-14H,1-12H2/t13-,14+/m0/s1. The minimum atomic E-state index is -3.05. The van der Waals surface area contributed by atoms with Crippen molar-refractivity contribution in [1.82, 2.24) is 4.90 Å². The van der Waals surface area contributed by atoms with Crippen LogP contribution in [0, 0.1) is 0 Å². The molecule has 25 heavy (non-hydrogen) atoms. The Morgan fingerprint density at radius 3 is 2.24 bits per heavy atom. The van der Waals surface area contributed by atoms with Crippen molar-refractivity contribution in [1.29, 1.82) is 0 Å². The third kappa shape index (κ3) is 6.69. The minimum absolute atomic E-state index is 0.0227. The highest BCUT2D eigenvalue weighted by atomic mass is 35.5. The van der Waals surface area contributed by atoms with E-state index >= 15 is 0 Å². The topological polar surface area (TPSA) is 97.8 Å². The molecule has 0 saturated carbocycles. The van der Waals surface area contributed by atoms with Gasteiger partial charge >= 0.3 is 0 Å². The molecule has 0 aliphatic carbocycles. The van der Waals surface area contributed by atoms with E-state index in [1.807, 2.05) is 0 Å².